The van der Waals surface area contributed by atoms with Crippen LogP contribution in [0.3, 0.4) is 0 Å². The van der Waals surface area contributed by atoms with Gasteiger partial charge in [0.2, 0.25) is 0 Å². The van der Waals surface area contributed by atoms with Crippen molar-refractivity contribution in [3.05, 3.63) is 52.3 Å². The fourth-order valence-electron chi connectivity index (χ4n) is 2.63. The van der Waals surface area contributed by atoms with Gasteiger partial charge < -0.3 is 14.4 Å². The first-order chi connectivity index (χ1) is 11.7. The standard InChI is InChI=1S/C17H18FN3O3/c18-13-3-5-15(6-4-13)21-12-14(2-1-9-22)19-16(17(21)23)20-7-10-24-11-8-20/h3-6,9,12H,1-2,7-8,10-11H2. The van der Waals surface area contributed by atoms with Gasteiger partial charge in [0, 0.05) is 31.4 Å². The molecule has 24 heavy (non-hydrogen) atoms. The van der Waals surface area contributed by atoms with Crippen molar-refractivity contribution >= 4 is 12.1 Å². The second-order valence-corrected chi connectivity index (χ2v) is 5.51. The second kappa shape index (κ2) is 7.35. The molecule has 2 aromatic rings. The first-order valence-electron chi connectivity index (χ1n) is 7.84. The molecule has 1 aliphatic heterocycles. The summed E-state index contributed by atoms with van der Waals surface area (Å²) in [5.41, 5.74) is 0.941. The number of hydrogen-bond donors (Lipinski definition) is 0. The summed E-state index contributed by atoms with van der Waals surface area (Å²) in [6.45, 7) is 2.25. The van der Waals surface area contributed by atoms with E-state index in [2.05, 4.69) is 4.98 Å². The van der Waals surface area contributed by atoms with Gasteiger partial charge in [-0.1, -0.05) is 0 Å². The van der Waals surface area contributed by atoms with Crippen LogP contribution in [0.15, 0.2) is 35.3 Å². The van der Waals surface area contributed by atoms with E-state index in [4.69, 9.17) is 4.74 Å². The molecule has 0 radical (unpaired) electrons. The molecule has 1 saturated heterocycles. The van der Waals surface area contributed by atoms with Crippen molar-refractivity contribution in [2.45, 2.75) is 12.8 Å². The highest BCUT2D eigenvalue weighted by Crippen LogP contribution is 2.14. The molecule has 0 unspecified atom stereocenters. The molecule has 0 spiro atoms. The molecule has 1 aromatic carbocycles. The number of aryl methyl sites for hydroxylation is 1. The molecule has 3 rings (SSSR count). The van der Waals surface area contributed by atoms with Crippen LogP contribution in [0.1, 0.15) is 12.1 Å². The smallest absolute Gasteiger partial charge is 0.298 e. The van der Waals surface area contributed by atoms with Crippen molar-refractivity contribution < 1.29 is 13.9 Å². The molecule has 7 heteroatoms. The van der Waals surface area contributed by atoms with Gasteiger partial charge in [-0.25, -0.2) is 9.37 Å². The van der Waals surface area contributed by atoms with Crippen LogP contribution in [0.2, 0.25) is 0 Å². The van der Waals surface area contributed by atoms with E-state index < -0.39 is 0 Å². The average molecular weight is 331 g/mol. The molecule has 1 aromatic heterocycles. The highest BCUT2D eigenvalue weighted by molar-refractivity contribution is 5.50. The van der Waals surface area contributed by atoms with Crippen LogP contribution in [-0.4, -0.2) is 42.1 Å². The van der Waals surface area contributed by atoms with Crippen LogP contribution in [0, 0.1) is 5.82 Å². The summed E-state index contributed by atoms with van der Waals surface area (Å²) in [4.78, 5) is 29.8. The molecular formula is C17H18FN3O3. The van der Waals surface area contributed by atoms with Crippen LogP contribution in [0.25, 0.3) is 5.69 Å². The van der Waals surface area contributed by atoms with E-state index in [9.17, 15) is 14.0 Å². The lowest BCUT2D eigenvalue weighted by molar-refractivity contribution is -0.107. The molecule has 1 aliphatic rings. The lowest BCUT2D eigenvalue weighted by Gasteiger charge is -2.28. The van der Waals surface area contributed by atoms with Gasteiger partial charge in [0.25, 0.3) is 5.56 Å². The third-order valence-corrected chi connectivity index (χ3v) is 3.87. The van der Waals surface area contributed by atoms with Gasteiger partial charge in [0.1, 0.15) is 12.1 Å². The summed E-state index contributed by atoms with van der Waals surface area (Å²) in [7, 11) is 0. The number of morpholine rings is 1. The molecule has 0 N–H and O–H groups in total. The molecular weight excluding hydrogens is 313 g/mol. The number of halogens is 1. The zero-order chi connectivity index (χ0) is 16.9. The molecule has 1 fully saturated rings. The van der Waals surface area contributed by atoms with Crippen LogP contribution in [-0.2, 0) is 16.0 Å². The molecule has 2 heterocycles. The van der Waals surface area contributed by atoms with Gasteiger partial charge in [-0.15, -0.1) is 0 Å². The van der Waals surface area contributed by atoms with Crippen molar-refractivity contribution in [1.82, 2.24) is 9.55 Å². The number of aldehydes is 1. The minimum Gasteiger partial charge on any atom is -0.378 e. The Kier molecular flexibility index (Phi) is 5.00. The summed E-state index contributed by atoms with van der Waals surface area (Å²) < 4.78 is 19.9. The van der Waals surface area contributed by atoms with E-state index >= 15 is 0 Å². The highest BCUT2D eigenvalue weighted by atomic mass is 19.1. The Bertz CT molecular complexity index is 768. The van der Waals surface area contributed by atoms with Crippen LogP contribution in [0.4, 0.5) is 10.2 Å². The number of aromatic nitrogens is 2. The van der Waals surface area contributed by atoms with Crippen LogP contribution in [0.5, 0.6) is 0 Å². The molecule has 0 saturated carbocycles. The quantitative estimate of drug-likeness (QED) is 0.774. The van der Waals surface area contributed by atoms with E-state index in [0.717, 1.165) is 6.29 Å². The van der Waals surface area contributed by atoms with Gasteiger partial charge in [-0.2, -0.15) is 0 Å². The van der Waals surface area contributed by atoms with Crippen molar-refractivity contribution in [2.24, 2.45) is 0 Å². The number of anilines is 1. The first-order valence-corrected chi connectivity index (χ1v) is 7.84. The van der Waals surface area contributed by atoms with Crippen molar-refractivity contribution in [2.75, 3.05) is 31.2 Å². The van der Waals surface area contributed by atoms with Gasteiger partial charge in [0.15, 0.2) is 5.82 Å². The third-order valence-electron chi connectivity index (χ3n) is 3.87. The number of rotatable bonds is 5. The normalized spacial score (nSPS) is 14.6. The zero-order valence-corrected chi connectivity index (χ0v) is 13.2. The van der Waals surface area contributed by atoms with Crippen molar-refractivity contribution in [3.63, 3.8) is 0 Å². The summed E-state index contributed by atoms with van der Waals surface area (Å²) in [5.74, 6) is -0.0264. The molecule has 126 valence electrons. The molecule has 0 atom stereocenters. The first kappa shape index (κ1) is 16.3. The number of ether oxygens (including phenoxy) is 1. The number of carbonyl (C=O) groups excluding carboxylic acids is 1. The zero-order valence-electron chi connectivity index (χ0n) is 13.2. The summed E-state index contributed by atoms with van der Waals surface area (Å²) >= 11 is 0. The van der Waals surface area contributed by atoms with Crippen LogP contribution < -0.4 is 10.5 Å². The Morgan fingerprint density at radius 2 is 1.92 bits per heavy atom. The Labute approximate surface area is 138 Å². The highest BCUT2D eigenvalue weighted by Gasteiger charge is 2.19. The van der Waals surface area contributed by atoms with Gasteiger partial charge in [0.05, 0.1) is 18.9 Å². The molecule has 0 amide bonds. The number of benzene rings is 1. The summed E-state index contributed by atoms with van der Waals surface area (Å²) in [6.07, 6.45) is 3.21. The predicted octanol–water partition coefficient (Wildman–Crippen LogP) is 1.34. The monoisotopic (exact) mass is 331 g/mol. The number of nitrogens with zero attached hydrogens (tertiary/aromatic N) is 3. The van der Waals surface area contributed by atoms with Crippen LogP contribution >= 0.6 is 0 Å². The fourth-order valence-corrected chi connectivity index (χ4v) is 2.63. The van der Waals surface area contributed by atoms with Gasteiger partial charge in [-0.3, -0.25) is 9.36 Å². The maximum absolute atomic E-state index is 13.2. The number of hydrogen-bond acceptors (Lipinski definition) is 5. The van der Waals surface area contributed by atoms with Gasteiger partial charge in [-0.05, 0) is 30.7 Å². The van der Waals surface area contributed by atoms with E-state index in [0.29, 0.717) is 56.3 Å². The van der Waals surface area contributed by atoms with E-state index in [1.54, 1.807) is 18.3 Å². The molecule has 6 nitrogen and oxygen atoms in total. The lowest BCUT2D eigenvalue weighted by atomic mass is 10.2. The average Bonchev–Trinajstić information content (AvgIpc) is 2.62. The molecule has 0 aliphatic carbocycles. The third kappa shape index (κ3) is 3.51. The Morgan fingerprint density at radius 1 is 1.21 bits per heavy atom. The van der Waals surface area contributed by atoms with Crippen molar-refractivity contribution in [1.29, 1.82) is 0 Å². The van der Waals surface area contributed by atoms with E-state index in [1.165, 1.54) is 16.7 Å². The minimum atomic E-state index is -0.365. The Hall–Kier alpha value is -2.54. The topological polar surface area (TPSA) is 64.4 Å². The Morgan fingerprint density at radius 3 is 2.58 bits per heavy atom. The predicted molar refractivity (Wildman–Crippen MR) is 87.2 cm³/mol. The fraction of sp³-hybridized carbons (Fsp3) is 0.353. The Balaban J connectivity index is 2.07. The van der Waals surface area contributed by atoms with Gasteiger partial charge >= 0.3 is 0 Å². The SMILES string of the molecule is O=CCCc1cn(-c2ccc(F)cc2)c(=O)c(N2CCOCC2)n1. The lowest BCUT2D eigenvalue weighted by Crippen LogP contribution is -2.41. The summed E-state index contributed by atoms with van der Waals surface area (Å²) in [5, 5.41) is 0. The van der Waals surface area contributed by atoms with E-state index in [1.807, 2.05) is 4.90 Å². The van der Waals surface area contributed by atoms with Crippen molar-refractivity contribution in [3.8, 4) is 5.69 Å². The second-order valence-electron chi connectivity index (χ2n) is 5.51. The largest absolute Gasteiger partial charge is 0.378 e. The molecule has 0 bridgehead atoms. The maximum atomic E-state index is 13.2. The number of carbonyl (C=O) groups is 1. The summed E-state index contributed by atoms with van der Waals surface area (Å²) in [6, 6.07) is 5.70. The minimum absolute atomic E-state index is 0.265. The maximum Gasteiger partial charge on any atom is 0.298 e. The van der Waals surface area contributed by atoms with E-state index in [-0.39, 0.29) is 11.4 Å².